The first-order chi connectivity index (χ1) is 18.8. The lowest BCUT2D eigenvalue weighted by Crippen LogP contribution is -1.91. The van der Waals surface area contributed by atoms with Crippen LogP contribution in [-0.4, -0.2) is 0 Å². The summed E-state index contributed by atoms with van der Waals surface area (Å²) in [5, 5.41) is 9.30. The van der Waals surface area contributed by atoms with Crippen molar-refractivity contribution in [3.63, 3.8) is 0 Å². The van der Waals surface area contributed by atoms with Crippen molar-refractivity contribution in [1.82, 2.24) is 0 Å². The molecule has 1 heterocycles. The van der Waals surface area contributed by atoms with Gasteiger partial charge in [-0.1, -0.05) is 97.1 Å². The fraction of sp³-hybridized carbons (Fsp3) is 0. The van der Waals surface area contributed by atoms with Gasteiger partial charge in [0, 0.05) is 10.8 Å². The predicted octanol–water partition coefficient (Wildman–Crippen LogP) is 10.5. The van der Waals surface area contributed by atoms with E-state index in [1.54, 1.807) is 0 Å². The average molecular weight is 489 g/mol. The largest absolute Gasteiger partial charge is 0.456 e. The Morgan fingerprint density at radius 2 is 0.947 bits per heavy atom. The van der Waals surface area contributed by atoms with Gasteiger partial charge in [0.2, 0.25) is 0 Å². The van der Waals surface area contributed by atoms with E-state index < -0.39 is 0 Å². The van der Waals surface area contributed by atoms with E-state index in [2.05, 4.69) is 103 Å². The van der Waals surface area contributed by atoms with E-state index in [-0.39, 0.29) is 5.82 Å². The van der Waals surface area contributed by atoms with E-state index >= 15 is 0 Å². The van der Waals surface area contributed by atoms with E-state index in [0.717, 1.165) is 49.4 Å². The molecule has 8 rings (SSSR count). The zero-order chi connectivity index (χ0) is 25.2. The highest BCUT2D eigenvalue weighted by Crippen LogP contribution is 2.45. The highest BCUT2D eigenvalue weighted by Gasteiger charge is 2.18. The maximum absolute atomic E-state index is 13.8. The molecule has 178 valence electrons. The maximum atomic E-state index is 13.8. The normalized spacial score (nSPS) is 11.8. The molecule has 0 aliphatic carbocycles. The minimum atomic E-state index is -0.229. The molecule has 1 nitrogen and oxygen atoms in total. The third-order valence-electron chi connectivity index (χ3n) is 7.71. The van der Waals surface area contributed by atoms with Gasteiger partial charge < -0.3 is 4.42 Å². The summed E-state index contributed by atoms with van der Waals surface area (Å²) in [6.45, 7) is 0. The molecule has 1 aromatic heterocycles. The van der Waals surface area contributed by atoms with Crippen LogP contribution >= 0.6 is 0 Å². The number of furan rings is 1. The summed E-state index contributed by atoms with van der Waals surface area (Å²) in [5.41, 5.74) is 6.26. The fourth-order valence-electron chi connectivity index (χ4n) is 6.07. The Hall–Kier alpha value is -4.95. The summed E-state index contributed by atoms with van der Waals surface area (Å²) in [4.78, 5) is 0. The fourth-order valence-corrected chi connectivity index (χ4v) is 6.07. The van der Waals surface area contributed by atoms with Crippen LogP contribution in [0.5, 0.6) is 0 Å². The summed E-state index contributed by atoms with van der Waals surface area (Å²) in [6.07, 6.45) is 0. The highest BCUT2D eigenvalue weighted by molar-refractivity contribution is 6.23. The molecule has 0 radical (unpaired) electrons. The van der Waals surface area contributed by atoms with Gasteiger partial charge in [-0.3, -0.25) is 0 Å². The summed E-state index contributed by atoms with van der Waals surface area (Å²) >= 11 is 0. The van der Waals surface area contributed by atoms with Crippen molar-refractivity contribution >= 4 is 54.3 Å². The molecule has 0 saturated carbocycles. The molecule has 0 aliphatic heterocycles. The monoisotopic (exact) mass is 488 g/mol. The van der Waals surface area contributed by atoms with Crippen LogP contribution < -0.4 is 0 Å². The first kappa shape index (κ1) is 21.2. The second-order valence-corrected chi connectivity index (χ2v) is 9.82. The van der Waals surface area contributed by atoms with Crippen molar-refractivity contribution < 1.29 is 8.81 Å². The Kier molecular flexibility index (Phi) is 4.47. The second kappa shape index (κ2) is 8.03. The molecule has 0 N–H and O–H groups in total. The predicted molar refractivity (Wildman–Crippen MR) is 157 cm³/mol. The van der Waals surface area contributed by atoms with Gasteiger partial charge in [0.25, 0.3) is 0 Å². The molecular formula is C36H21FO. The van der Waals surface area contributed by atoms with Crippen molar-refractivity contribution in [2.75, 3.05) is 0 Å². The molecule has 2 heteroatoms. The third-order valence-corrected chi connectivity index (χ3v) is 7.71. The van der Waals surface area contributed by atoms with Gasteiger partial charge in [-0.2, -0.15) is 0 Å². The number of rotatable bonds is 2. The number of halogens is 1. The minimum absolute atomic E-state index is 0.229. The van der Waals surface area contributed by atoms with Crippen molar-refractivity contribution in [2.45, 2.75) is 0 Å². The van der Waals surface area contributed by atoms with Gasteiger partial charge >= 0.3 is 0 Å². The van der Waals surface area contributed by atoms with Gasteiger partial charge in [-0.15, -0.1) is 0 Å². The number of fused-ring (bicyclic) bond motifs is 7. The molecule has 38 heavy (non-hydrogen) atoms. The lowest BCUT2D eigenvalue weighted by atomic mass is 9.85. The Balaban J connectivity index is 1.50. The topological polar surface area (TPSA) is 13.1 Å². The number of benzene rings is 7. The van der Waals surface area contributed by atoms with E-state index in [0.29, 0.717) is 0 Å². The van der Waals surface area contributed by atoms with E-state index in [9.17, 15) is 4.39 Å². The second-order valence-electron chi connectivity index (χ2n) is 9.82. The van der Waals surface area contributed by atoms with Gasteiger partial charge in [0.1, 0.15) is 17.0 Å². The summed E-state index contributed by atoms with van der Waals surface area (Å²) in [7, 11) is 0. The Morgan fingerprint density at radius 1 is 0.421 bits per heavy atom. The van der Waals surface area contributed by atoms with Crippen molar-refractivity contribution in [1.29, 1.82) is 0 Å². The van der Waals surface area contributed by atoms with Crippen LogP contribution in [0.3, 0.4) is 0 Å². The first-order valence-corrected chi connectivity index (χ1v) is 12.8. The summed E-state index contributed by atoms with van der Waals surface area (Å²) < 4.78 is 20.1. The number of hydrogen-bond acceptors (Lipinski definition) is 1. The molecule has 0 atom stereocenters. The first-order valence-electron chi connectivity index (χ1n) is 12.8. The van der Waals surface area contributed by atoms with Crippen LogP contribution in [0.4, 0.5) is 4.39 Å². The smallest absolute Gasteiger partial charge is 0.136 e. The highest BCUT2D eigenvalue weighted by atomic mass is 19.1. The quantitative estimate of drug-likeness (QED) is 0.221. The zero-order valence-electron chi connectivity index (χ0n) is 20.4. The van der Waals surface area contributed by atoms with Crippen LogP contribution in [0.1, 0.15) is 0 Å². The van der Waals surface area contributed by atoms with Crippen molar-refractivity contribution in [2.24, 2.45) is 0 Å². The van der Waals surface area contributed by atoms with Crippen LogP contribution in [0.25, 0.3) is 76.5 Å². The molecule has 8 aromatic rings. The number of hydrogen-bond donors (Lipinski definition) is 0. The van der Waals surface area contributed by atoms with Crippen LogP contribution in [0.2, 0.25) is 0 Å². The van der Waals surface area contributed by atoms with E-state index in [1.165, 1.54) is 39.2 Å². The molecule has 0 amide bonds. The van der Waals surface area contributed by atoms with Gasteiger partial charge in [0.15, 0.2) is 0 Å². The lowest BCUT2D eigenvalue weighted by Gasteiger charge is -2.17. The van der Waals surface area contributed by atoms with Crippen LogP contribution in [-0.2, 0) is 0 Å². The third kappa shape index (κ3) is 3.04. The van der Waals surface area contributed by atoms with Gasteiger partial charge in [-0.05, 0) is 84.9 Å². The van der Waals surface area contributed by atoms with Gasteiger partial charge in [0.05, 0.1) is 0 Å². The molecule has 0 fully saturated rings. The van der Waals surface area contributed by atoms with Crippen molar-refractivity contribution in [3.8, 4) is 22.3 Å². The minimum Gasteiger partial charge on any atom is -0.456 e. The Morgan fingerprint density at radius 3 is 1.61 bits per heavy atom. The molecule has 0 spiro atoms. The van der Waals surface area contributed by atoms with E-state index in [4.69, 9.17) is 4.42 Å². The molecule has 7 aromatic carbocycles. The molecular weight excluding hydrogens is 467 g/mol. The Bertz CT molecular complexity index is 2130. The lowest BCUT2D eigenvalue weighted by molar-refractivity contribution is 0.628. The summed E-state index contributed by atoms with van der Waals surface area (Å²) in [5.74, 6) is -0.229. The molecule has 0 saturated heterocycles. The molecule has 0 bridgehead atoms. The maximum Gasteiger partial charge on any atom is 0.136 e. The van der Waals surface area contributed by atoms with Crippen LogP contribution in [0.15, 0.2) is 132 Å². The molecule has 0 aliphatic rings. The van der Waals surface area contributed by atoms with Gasteiger partial charge in [-0.25, -0.2) is 4.39 Å². The average Bonchev–Trinajstić information content (AvgIpc) is 3.35. The standard InChI is InChI=1S/C36H21FO/c37-25-17-13-23(14-18-25)34-27-9-3-5-11-29(27)35(30-12-6-4-10-28(30)34)24-16-19-32-31(21-24)36-26-8-2-1-7-22(26)15-20-33(36)38-32/h1-21H. The zero-order valence-corrected chi connectivity index (χ0v) is 20.4. The van der Waals surface area contributed by atoms with Crippen LogP contribution in [0, 0.1) is 5.82 Å². The summed E-state index contributed by atoms with van der Waals surface area (Å²) in [6, 6.07) is 43.1. The molecule has 0 unspecified atom stereocenters. The van der Waals surface area contributed by atoms with Crippen molar-refractivity contribution in [3.05, 3.63) is 133 Å². The van der Waals surface area contributed by atoms with E-state index in [1.807, 2.05) is 12.1 Å². The Labute approximate surface area is 218 Å². The SMILES string of the molecule is Fc1ccc(-c2c3ccccc3c(-c3ccc4oc5ccc6ccccc6c5c4c3)c3ccccc23)cc1.